The van der Waals surface area contributed by atoms with Crippen LogP contribution in [0.1, 0.15) is 30.4 Å². The molecule has 6 heterocycles. The molecule has 2 aliphatic heterocycles. The van der Waals surface area contributed by atoms with E-state index >= 15 is 0 Å². The zero-order chi connectivity index (χ0) is 27.1. The number of aromatic amines is 2. The van der Waals surface area contributed by atoms with E-state index in [1.807, 2.05) is 30.7 Å². The quantitative estimate of drug-likeness (QED) is 0.273. The number of halogens is 1. The fourth-order valence-electron chi connectivity index (χ4n) is 5.45. The Balaban J connectivity index is 1.20. The Bertz CT molecular complexity index is 1860. The molecule has 0 aliphatic carbocycles. The van der Waals surface area contributed by atoms with Crippen LogP contribution in [-0.4, -0.2) is 53.2 Å². The molecule has 0 spiro atoms. The molecule has 10 heteroatoms. The van der Waals surface area contributed by atoms with Crippen LogP contribution in [0, 0.1) is 5.82 Å². The Morgan fingerprint density at radius 2 is 1.90 bits per heavy atom. The fraction of sp³-hybridized carbons (Fsp3) is 0.200. The highest BCUT2D eigenvalue weighted by Gasteiger charge is 2.17. The largest absolute Gasteiger partial charge is 0.508 e. The number of rotatable bonds is 5. The van der Waals surface area contributed by atoms with Gasteiger partial charge in [-0.2, -0.15) is 5.10 Å². The predicted molar refractivity (Wildman–Crippen MR) is 151 cm³/mol. The van der Waals surface area contributed by atoms with Crippen molar-refractivity contribution in [3.63, 3.8) is 0 Å². The topological polar surface area (TPSA) is 119 Å². The highest BCUT2D eigenvalue weighted by Crippen LogP contribution is 2.30. The summed E-state index contributed by atoms with van der Waals surface area (Å²) < 4.78 is 14.0. The molecular weight excluding hydrogens is 507 g/mol. The molecular formula is C30H27FN8O. The van der Waals surface area contributed by atoms with Gasteiger partial charge in [0.25, 0.3) is 0 Å². The molecule has 200 valence electrons. The second-order valence-electron chi connectivity index (χ2n) is 10.2. The number of hydrogen-bond acceptors (Lipinski definition) is 7. The monoisotopic (exact) mass is 534 g/mol. The zero-order valence-electron chi connectivity index (χ0n) is 21.7. The van der Waals surface area contributed by atoms with Gasteiger partial charge in [-0.05, 0) is 73.5 Å². The Morgan fingerprint density at radius 3 is 2.77 bits per heavy atom. The van der Waals surface area contributed by atoms with Crippen molar-refractivity contribution in [2.45, 2.75) is 25.8 Å². The first-order valence-electron chi connectivity index (χ1n) is 13.4. The van der Waals surface area contributed by atoms with E-state index in [1.165, 1.54) is 37.0 Å². The van der Waals surface area contributed by atoms with Gasteiger partial charge in [-0.25, -0.2) is 14.4 Å². The third kappa shape index (κ3) is 4.62. The number of aromatic hydroxyl groups is 1. The molecule has 9 nitrogen and oxygen atoms in total. The van der Waals surface area contributed by atoms with Gasteiger partial charge in [0.15, 0.2) is 11.5 Å². The fourth-order valence-corrected chi connectivity index (χ4v) is 5.45. The van der Waals surface area contributed by atoms with E-state index in [0.717, 1.165) is 47.5 Å². The summed E-state index contributed by atoms with van der Waals surface area (Å²) >= 11 is 0. The Hall–Kier alpha value is -4.83. The molecule has 4 N–H and O–H groups in total. The average molecular weight is 535 g/mol. The van der Waals surface area contributed by atoms with Crippen molar-refractivity contribution in [2.24, 2.45) is 0 Å². The number of likely N-dealkylation sites (tertiary alicyclic amines) is 1. The smallest absolute Gasteiger partial charge is 0.178 e. The molecule has 0 radical (unpaired) electrons. The maximum absolute atomic E-state index is 14.0. The lowest BCUT2D eigenvalue weighted by atomic mass is 10.1. The van der Waals surface area contributed by atoms with Gasteiger partial charge in [0.05, 0.1) is 10.9 Å². The number of fused-ring (bicyclic) bond motifs is 2. The highest BCUT2D eigenvalue weighted by atomic mass is 19.1. The van der Waals surface area contributed by atoms with Crippen LogP contribution in [0.4, 0.5) is 4.39 Å². The number of piperidine rings is 1. The summed E-state index contributed by atoms with van der Waals surface area (Å²) in [5.74, 6) is -0.152. The summed E-state index contributed by atoms with van der Waals surface area (Å²) in [4.78, 5) is 19.4. The van der Waals surface area contributed by atoms with Crippen LogP contribution in [-0.2, 0) is 6.54 Å². The second kappa shape index (κ2) is 10.0. The molecule has 1 aromatic carbocycles. The van der Waals surface area contributed by atoms with Crippen molar-refractivity contribution in [3.05, 3.63) is 82.5 Å². The zero-order valence-corrected chi connectivity index (χ0v) is 21.7. The van der Waals surface area contributed by atoms with E-state index < -0.39 is 5.82 Å². The molecule has 0 bridgehead atoms. The maximum atomic E-state index is 14.0. The number of phenolic OH excluding ortho intramolecular Hbond substituents is 1. The van der Waals surface area contributed by atoms with Crippen LogP contribution in [0.2, 0.25) is 0 Å². The molecule has 40 heavy (non-hydrogen) atoms. The Labute approximate surface area is 228 Å². The number of H-pyrrole nitrogens is 2. The number of pyridine rings is 2. The normalized spacial score (nSPS) is 15.5. The summed E-state index contributed by atoms with van der Waals surface area (Å²) in [6, 6.07) is 7.90. The summed E-state index contributed by atoms with van der Waals surface area (Å²) in [6.07, 6.45) is 15.2. The predicted octanol–water partition coefficient (Wildman–Crippen LogP) is 3.40. The van der Waals surface area contributed by atoms with Crippen molar-refractivity contribution in [3.8, 4) is 28.4 Å². The van der Waals surface area contributed by atoms with Crippen LogP contribution in [0.5, 0.6) is 5.75 Å². The summed E-state index contributed by atoms with van der Waals surface area (Å²) in [7, 11) is 0. The SMILES string of the molecule is Oc1cc(F)cc(-c2ccnc3nc(-c4n[nH]c5c4=CNC(c4cncc(CN6CCCCC6)c4)=CC=5)[nH]c23)c1. The van der Waals surface area contributed by atoms with Gasteiger partial charge >= 0.3 is 0 Å². The van der Waals surface area contributed by atoms with Gasteiger partial charge in [-0.3, -0.25) is 15.0 Å². The van der Waals surface area contributed by atoms with Gasteiger partial charge in [-0.1, -0.05) is 6.42 Å². The van der Waals surface area contributed by atoms with Crippen molar-refractivity contribution in [1.29, 1.82) is 0 Å². The number of hydrogen-bond donors (Lipinski definition) is 4. The minimum absolute atomic E-state index is 0.149. The minimum Gasteiger partial charge on any atom is -0.508 e. The van der Waals surface area contributed by atoms with Gasteiger partial charge in [-0.15, -0.1) is 0 Å². The lowest BCUT2D eigenvalue weighted by molar-refractivity contribution is 0.220. The third-order valence-electron chi connectivity index (χ3n) is 7.39. The van der Waals surface area contributed by atoms with E-state index in [1.54, 1.807) is 12.3 Å². The van der Waals surface area contributed by atoms with E-state index in [4.69, 9.17) is 0 Å². The van der Waals surface area contributed by atoms with E-state index in [9.17, 15) is 9.50 Å². The molecule has 0 saturated carbocycles. The van der Waals surface area contributed by atoms with Gasteiger partial charge < -0.3 is 15.4 Å². The molecule has 0 atom stereocenters. The molecule has 0 amide bonds. The molecule has 1 fully saturated rings. The number of nitrogens with one attached hydrogen (secondary N) is 3. The summed E-state index contributed by atoms with van der Waals surface area (Å²) in [6.45, 7) is 3.19. The van der Waals surface area contributed by atoms with E-state index in [2.05, 4.69) is 46.4 Å². The highest BCUT2D eigenvalue weighted by molar-refractivity contribution is 5.91. The number of phenols is 1. The molecule has 2 aliphatic rings. The number of allylic oxidation sites excluding steroid dienone is 1. The Kier molecular flexibility index (Phi) is 6.09. The van der Waals surface area contributed by atoms with Gasteiger partial charge in [0.2, 0.25) is 0 Å². The van der Waals surface area contributed by atoms with Crippen LogP contribution in [0.15, 0.2) is 55.0 Å². The van der Waals surface area contributed by atoms with Crippen molar-refractivity contribution in [1.82, 2.24) is 40.3 Å². The molecule has 4 aromatic heterocycles. The van der Waals surface area contributed by atoms with Crippen molar-refractivity contribution >= 4 is 29.1 Å². The van der Waals surface area contributed by atoms with Crippen LogP contribution >= 0.6 is 0 Å². The molecule has 5 aromatic rings. The number of benzene rings is 1. The Morgan fingerprint density at radius 1 is 1.00 bits per heavy atom. The van der Waals surface area contributed by atoms with E-state index in [-0.39, 0.29) is 5.75 Å². The van der Waals surface area contributed by atoms with Gasteiger partial charge in [0.1, 0.15) is 17.3 Å². The lowest BCUT2D eigenvalue weighted by Gasteiger charge is -2.26. The molecule has 0 unspecified atom stereocenters. The van der Waals surface area contributed by atoms with Crippen LogP contribution in [0.3, 0.4) is 0 Å². The first-order chi connectivity index (χ1) is 19.6. The molecule has 1 saturated heterocycles. The number of imidazole rings is 1. The van der Waals surface area contributed by atoms with Crippen molar-refractivity contribution < 1.29 is 9.50 Å². The summed E-state index contributed by atoms with van der Waals surface area (Å²) in [5.41, 5.74) is 6.05. The maximum Gasteiger partial charge on any atom is 0.178 e. The minimum atomic E-state index is -0.524. The summed E-state index contributed by atoms with van der Waals surface area (Å²) in [5, 5.41) is 22.6. The van der Waals surface area contributed by atoms with Gasteiger partial charge in [0, 0.05) is 59.4 Å². The number of nitrogens with zero attached hydrogens (tertiary/aromatic N) is 5. The lowest BCUT2D eigenvalue weighted by Crippen LogP contribution is -2.29. The number of aromatic nitrogens is 6. The van der Waals surface area contributed by atoms with Crippen LogP contribution in [0.25, 0.3) is 51.8 Å². The standard InChI is InChI=1S/C30H27FN8O/c31-21-11-19(12-22(40)13-21)23-6-7-33-29-27(23)35-30(36-29)28-24-16-34-25(4-5-26(24)37-38-28)20-10-18(14-32-15-20)17-39-8-2-1-3-9-39/h4-7,10-16,34,37,40H,1-3,8-9,17H2,(H,33,35,36). The average Bonchev–Trinajstić information content (AvgIpc) is 3.51. The van der Waals surface area contributed by atoms with E-state index in [0.29, 0.717) is 33.8 Å². The first kappa shape index (κ1) is 24.2. The second-order valence-corrected chi connectivity index (χ2v) is 10.2. The van der Waals surface area contributed by atoms with Crippen LogP contribution < -0.4 is 15.9 Å². The third-order valence-corrected chi connectivity index (χ3v) is 7.39. The first-order valence-corrected chi connectivity index (χ1v) is 13.4. The molecule has 7 rings (SSSR count). The van der Waals surface area contributed by atoms with Crippen molar-refractivity contribution in [2.75, 3.05) is 13.1 Å².